The van der Waals surface area contributed by atoms with Crippen molar-refractivity contribution in [3.8, 4) is 23.1 Å². The Labute approximate surface area is 144 Å². The van der Waals surface area contributed by atoms with Crippen LogP contribution in [0.4, 0.5) is 5.69 Å². The minimum absolute atomic E-state index is 0.385. The topological polar surface area (TPSA) is 65.5 Å². The first-order chi connectivity index (χ1) is 11.7. The monoisotopic (exact) mass is 345 g/mol. The van der Waals surface area contributed by atoms with Crippen LogP contribution in [0.15, 0.2) is 36.7 Å². The van der Waals surface area contributed by atoms with E-state index in [1.807, 2.05) is 13.1 Å². The molecule has 0 aliphatic rings. The van der Waals surface area contributed by atoms with Gasteiger partial charge in [-0.05, 0) is 18.2 Å². The molecule has 1 N–H and O–H groups in total. The molecule has 1 aromatic heterocycles. The number of nitrogens with one attached hydrogen (secondary N) is 1. The first-order valence-electron chi connectivity index (χ1n) is 7.18. The molecule has 0 bridgehead atoms. The van der Waals surface area contributed by atoms with Crippen LogP contribution >= 0.6 is 11.6 Å². The van der Waals surface area contributed by atoms with Crippen LogP contribution in [0.3, 0.4) is 0 Å². The van der Waals surface area contributed by atoms with Crippen LogP contribution in [0.1, 0.15) is 0 Å². The smallest absolute Gasteiger partial charge is 0.230 e. The van der Waals surface area contributed by atoms with Crippen molar-refractivity contribution in [2.75, 3.05) is 26.6 Å². The Hall–Kier alpha value is -2.73. The fourth-order valence-electron chi connectivity index (χ4n) is 2.28. The second kappa shape index (κ2) is 6.80. The van der Waals surface area contributed by atoms with Crippen molar-refractivity contribution < 1.29 is 14.2 Å². The molecule has 3 rings (SSSR count). The first-order valence-corrected chi connectivity index (χ1v) is 7.56. The summed E-state index contributed by atoms with van der Waals surface area (Å²) in [6.45, 7) is 0. The summed E-state index contributed by atoms with van der Waals surface area (Å²) in [5.41, 5.74) is 1.56. The Bertz CT molecular complexity index is 886. The van der Waals surface area contributed by atoms with Gasteiger partial charge in [0.15, 0.2) is 11.5 Å². The van der Waals surface area contributed by atoms with E-state index in [4.69, 9.17) is 25.8 Å². The van der Waals surface area contributed by atoms with Crippen molar-refractivity contribution in [2.24, 2.45) is 0 Å². The molecule has 0 fully saturated rings. The van der Waals surface area contributed by atoms with Crippen LogP contribution in [-0.4, -0.2) is 31.2 Å². The van der Waals surface area contributed by atoms with Gasteiger partial charge in [-0.15, -0.1) is 0 Å². The van der Waals surface area contributed by atoms with Crippen LogP contribution in [0.25, 0.3) is 10.9 Å². The number of fused-ring (bicyclic) bond motifs is 1. The number of hydrogen-bond donors (Lipinski definition) is 1. The molecule has 0 radical (unpaired) electrons. The number of hydrogen-bond acceptors (Lipinski definition) is 6. The maximum atomic E-state index is 6.22. The molecule has 0 spiro atoms. The molecule has 0 aliphatic heterocycles. The molecule has 3 aromatic rings. The molecule has 6 nitrogen and oxygen atoms in total. The maximum absolute atomic E-state index is 6.22. The Morgan fingerprint density at radius 2 is 1.71 bits per heavy atom. The Kier molecular flexibility index (Phi) is 4.57. The highest BCUT2D eigenvalue weighted by Gasteiger charge is 2.13. The summed E-state index contributed by atoms with van der Waals surface area (Å²) in [6, 6.07) is 8.97. The Balaban J connectivity index is 2.10. The van der Waals surface area contributed by atoms with Crippen molar-refractivity contribution >= 4 is 28.2 Å². The van der Waals surface area contributed by atoms with E-state index in [2.05, 4.69) is 15.3 Å². The molecule has 0 amide bonds. The lowest BCUT2D eigenvalue weighted by Gasteiger charge is -2.12. The van der Waals surface area contributed by atoms with Crippen LogP contribution in [0.2, 0.25) is 5.02 Å². The quantitative estimate of drug-likeness (QED) is 0.750. The van der Waals surface area contributed by atoms with Gasteiger partial charge in [0, 0.05) is 24.9 Å². The maximum Gasteiger partial charge on any atom is 0.230 e. The third-order valence-electron chi connectivity index (χ3n) is 3.53. The van der Waals surface area contributed by atoms with E-state index in [0.29, 0.717) is 39.1 Å². The molecular formula is C17H16ClN3O3. The summed E-state index contributed by atoms with van der Waals surface area (Å²) in [5.74, 6) is 2.04. The number of benzene rings is 2. The lowest BCUT2D eigenvalue weighted by Crippen LogP contribution is -1.96. The normalized spacial score (nSPS) is 10.5. The van der Waals surface area contributed by atoms with Crippen LogP contribution in [-0.2, 0) is 0 Å². The number of anilines is 1. The zero-order valence-electron chi connectivity index (χ0n) is 13.5. The van der Waals surface area contributed by atoms with E-state index in [0.717, 1.165) is 5.69 Å². The summed E-state index contributed by atoms with van der Waals surface area (Å²) >= 11 is 6.22. The molecule has 24 heavy (non-hydrogen) atoms. The summed E-state index contributed by atoms with van der Waals surface area (Å²) < 4.78 is 16.6. The second-order valence-electron chi connectivity index (χ2n) is 4.90. The van der Waals surface area contributed by atoms with E-state index in [1.165, 1.54) is 6.33 Å². The molecule has 0 atom stereocenters. The van der Waals surface area contributed by atoms with E-state index in [1.54, 1.807) is 38.5 Å². The molecule has 124 valence electrons. The molecule has 0 unspecified atom stereocenters. The average Bonchev–Trinajstić information content (AvgIpc) is 2.62. The average molecular weight is 346 g/mol. The molecule has 0 aliphatic carbocycles. The number of nitrogens with zero attached hydrogens (tertiary/aromatic N) is 2. The fourth-order valence-corrected chi connectivity index (χ4v) is 2.44. The minimum Gasteiger partial charge on any atom is -0.493 e. The highest BCUT2D eigenvalue weighted by molar-refractivity contribution is 6.32. The van der Waals surface area contributed by atoms with Gasteiger partial charge < -0.3 is 19.5 Å². The third kappa shape index (κ3) is 3.00. The molecule has 7 heteroatoms. The van der Waals surface area contributed by atoms with Gasteiger partial charge in [0.1, 0.15) is 12.1 Å². The number of ether oxygens (including phenoxy) is 3. The standard InChI is InChI=1S/C17H16ClN3O3/c1-19-10-4-5-12(18)14(6-10)24-17-11-7-15(22-2)16(23-3)8-13(11)20-9-21-17/h4-9,19H,1-3H3. The SMILES string of the molecule is CNc1ccc(Cl)c(Oc2ncnc3cc(OC)c(OC)cc23)c1. The van der Waals surface area contributed by atoms with Gasteiger partial charge in [-0.3, -0.25) is 0 Å². The van der Waals surface area contributed by atoms with E-state index in [-0.39, 0.29) is 0 Å². The van der Waals surface area contributed by atoms with Gasteiger partial charge in [-0.25, -0.2) is 9.97 Å². The first kappa shape index (κ1) is 16.1. The third-order valence-corrected chi connectivity index (χ3v) is 3.84. The van der Waals surface area contributed by atoms with Crippen LogP contribution < -0.4 is 19.5 Å². The molecule has 0 saturated carbocycles. The lowest BCUT2D eigenvalue weighted by molar-refractivity contribution is 0.355. The van der Waals surface area contributed by atoms with Gasteiger partial charge in [-0.1, -0.05) is 11.6 Å². The molecule has 2 aromatic carbocycles. The van der Waals surface area contributed by atoms with Crippen molar-refractivity contribution in [3.63, 3.8) is 0 Å². The van der Waals surface area contributed by atoms with Crippen LogP contribution in [0.5, 0.6) is 23.1 Å². The predicted octanol–water partition coefficient (Wildman–Crippen LogP) is 4.13. The van der Waals surface area contributed by atoms with Crippen molar-refractivity contribution in [1.82, 2.24) is 9.97 Å². The van der Waals surface area contributed by atoms with Gasteiger partial charge in [0.2, 0.25) is 5.88 Å². The van der Waals surface area contributed by atoms with Gasteiger partial charge >= 0.3 is 0 Å². The van der Waals surface area contributed by atoms with Gasteiger partial charge in [0.25, 0.3) is 0 Å². The second-order valence-corrected chi connectivity index (χ2v) is 5.31. The van der Waals surface area contributed by atoms with Crippen LogP contribution in [0, 0.1) is 0 Å². The Morgan fingerprint density at radius 1 is 0.958 bits per heavy atom. The van der Waals surface area contributed by atoms with E-state index < -0.39 is 0 Å². The van der Waals surface area contributed by atoms with Gasteiger partial charge in [0.05, 0.1) is 30.1 Å². The zero-order chi connectivity index (χ0) is 17.1. The molecule has 0 saturated heterocycles. The number of rotatable bonds is 5. The highest BCUT2D eigenvalue weighted by Crippen LogP contribution is 2.37. The number of methoxy groups -OCH3 is 2. The summed E-state index contributed by atoms with van der Waals surface area (Å²) in [6.07, 6.45) is 1.43. The summed E-state index contributed by atoms with van der Waals surface area (Å²) in [5, 5.41) is 4.23. The molecule has 1 heterocycles. The van der Waals surface area contributed by atoms with E-state index in [9.17, 15) is 0 Å². The van der Waals surface area contributed by atoms with Gasteiger partial charge in [-0.2, -0.15) is 0 Å². The minimum atomic E-state index is 0.385. The van der Waals surface area contributed by atoms with Crippen molar-refractivity contribution in [3.05, 3.63) is 41.7 Å². The van der Waals surface area contributed by atoms with Crippen molar-refractivity contribution in [2.45, 2.75) is 0 Å². The van der Waals surface area contributed by atoms with Crippen molar-refractivity contribution in [1.29, 1.82) is 0 Å². The largest absolute Gasteiger partial charge is 0.493 e. The summed E-state index contributed by atoms with van der Waals surface area (Å²) in [4.78, 5) is 8.47. The van der Waals surface area contributed by atoms with E-state index >= 15 is 0 Å². The highest BCUT2D eigenvalue weighted by atomic mass is 35.5. The molecular weight excluding hydrogens is 330 g/mol. The Morgan fingerprint density at radius 3 is 2.42 bits per heavy atom. The fraction of sp³-hybridized carbons (Fsp3) is 0.176. The zero-order valence-corrected chi connectivity index (χ0v) is 14.2. The predicted molar refractivity (Wildman–Crippen MR) is 93.7 cm³/mol. The summed E-state index contributed by atoms with van der Waals surface area (Å²) in [7, 11) is 4.97. The lowest BCUT2D eigenvalue weighted by atomic mass is 10.2. The number of halogens is 1. The number of aromatic nitrogens is 2.